The first kappa shape index (κ1) is 19.4. The second kappa shape index (κ2) is 8.98. The maximum Gasteiger partial charge on any atom is 0.422 e. The molecule has 0 aromatic heterocycles. The molecule has 0 fully saturated rings. The lowest BCUT2D eigenvalue weighted by molar-refractivity contribution is -0.153. The zero-order chi connectivity index (χ0) is 19.0. The lowest BCUT2D eigenvalue weighted by Gasteiger charge is -2.18. The van der Waals surface area contributed by atoms with Gasteiger partial charge in [-0.05, 0) is 24.3 Å². The second-order valence-electron chi connectivity index (χ2n) is 5.44. The Kier molecular flexibility index (Phi) is 6.71. The lowest BCUT2D eigenvalue weighted by Crippen LogP contribution is -2.34. The van der Waals surface area contributed by atoms with Crippen molar-refractivity contribution < 1.29 is 27.4 Å². The number of urea groups is 1. The first-order chi connectivity index (χ1) is 12.3. The summed E-state index contributed by atoms with van der Waals surface area (Å²) in [6.45, 7) is -0.741. The minimum atomic E-state index is -4.42. The van der Waals surface area contributed by atoms with Crippen molar-refractivity contribution in [3.63, 3.8) is 0 Å². The summed E-state index contributed by atoms with van der Waals surface area (Å²) in [7, 11) is 1.59. The van der Waals surface area contributed by atoms with E-state index >= 15 is 0 Å². The first-order valence-electron chi connectivity index (χ1n) is 7.83. The molecule has 0 aliphatic carbocycles. The van der Waals surface area contributed by atoms with Crippen molar-refractivity contribution in [3.05, 3.63) is 54.6 Å². The van der Waals surface area contributed by atoms with E-state index in [2.05, 4.69) is 10.1 Å². The summed E-state index contributed by atoms with van der Waals surface area (Å²) in [6, 6.07) is 14.6. The molecule has 0 spiro atoms. The zero-order valence-corrected chi connectivity index (χ0v) is 14.1. The predicted molar refractivity (Wildman–Crippen MR) is 91.6 cm³/mol. The highest BCUT2D eigenvalue weighted by atomic mass is 19.4. The van der Waals surface area contributed by atoms with Gasteiger partial charge in [-0.1, -0.05) is 24.3 Å². The molecule has 0 atom stereocenters. The fourth-order valence-corrected chi connectivity index (χ4v) is 1.97. The molecule has 2 amide bonds. The van der Waals surface area contributed by atoms with Crippen molar-refractivity contribution >= 4 is 11.7 Å². The summed E-state index contributed by atoms with van der Waals surface area (Å²) < 4.78 is 46.7. The quantitative estimate of drug-likeness (QED) is 0.798. The molecule has 2 aromatic rings. The number of anilines is 1. The smallest absolute Gasteiger partial charge is 0.422 e. The van der Waals surface area contributed by atoms with Crippen LogP contribution in [0, 0.1) is 0 Å². The highest BCUT2D eigenvalue weighted by Gasteiger charge is 2.28. The highest BCUT2D eigenvalue weighted by molar-refractivity contribution is 5.89. The van der Waals surface area contributed by atoms with Crippen molar-refractivity contribution in [2.24, 2.45) is 0 Å². The molecule has 0 saturated heterocycles. The number of alkyl halides is 3. The van der Waals surface area contributed by atoms with E-state index in [0.29, 0.717) is 24.6 Å². The molecule has 0 radical (unpaired) electrons. The van der Waals surface area contributed by atoms with Crippen molar-refractivity contribution in [2.75, 3.05) is 32.1 Å². The van der Waals surface area contributed by atoms with E-state index in [-0.39, 0.29) is 5.75 Å². The number of amides is 2. The van der Waals surface area contributed by atoms with Crippen LogP contribution in [0.15, 0.2) is 54.6 Å². The predicted octanol–water partition coefficient (Wildman–Crippen LogP) is 4.17. The molecule has 5 nitrogen and oxygen atoms in total. The number of hydrogen-bond acceptors (Lipinski definition) is 3. The van der Waals surface area contributed by atoms with Crippen LogP contribution in [0.1, 0.15) is 0 Å². The van der Waals surface area contributed by atoms with Gasteiger partial charge in [-0.2, -0.15) is 13.2 Å². The number of benzene rings is 2. The van der Waals surface area contributed by atoms with Crippen LogP contribution in [-0.4, -0.2) is 43.9 Å². The number of nitrogens with one attached hydrogen (secondary N) is 1. The molecule has 2 rings (SSSR count). The van der Waals surface area contributed by atoms with Gasteiger partial charge in [0, 0.05) is 18.8 Å². The Morgan fingerprint density at radius 1 is 1.04 bits per heavy atom. The van der Waals surface area contributed by atoms with Crippen LogP contribution < -0.4 is 14.8 Å². The van der Waals surface area contributed by atoms with Crippen LogP contribution in [0.25, 0.3) is 0 Å². The fourth-order valence-electron chi connectivity index (χ4n) is 1.97. The number of nitrogens with zero attached hydrogens (tertiary/aromatic N) is 1. The minimum absolute atomic E-state index is 0.0233. The van der Waals surface area contributed by atoms with E-state index in [1.165, 1.54) is 23.1 Å². The van der Waals surface area contributed by atoms with E-state index in [1.54, 1.807) is 13.1 Å². The molecular formula is C18H19F3N2O3. The molecule has 0 saturated carbocycles. The minimum Gasteiger partial charge on any atom is -0.492 e. The van der Waals surface area contributed by atoms with E-state index in [9.17, 15) is 18.0 Å². The van der Waals surface area contributed by atoms with Gasteiger partial charge in [0.1, 0.15) is 18.1 Å². The van der Waals surface area contributed by atoms with Crippen LogP contribution in [0.4, 0.5) is 23.7 Å². The number of para-hydroxylation sites is 1. The zero-order valence-electron chi connectivity index (χ0n) is 14.1. The standard InChI is InChI=1S/C18H19F3N2O3/c1-23(10-11-25-15-7-3-2-4-8-15)17(24)22-14-6-5-9-16(12-14)26-13-18(19,20)21/h2-9,12H,10-11,13H2,1H3,(H,22,24). The molecule has 0 aliphatic rings. The Morgan fingerprint density at radius 2 is 1.73 bits per heavy atom. The third-order valence-corrected chi connectivity index (χ3v) is 3.27. The Morgan fingerprint density at radius 3 is 2.42 bits per heavy atom. The number of carbonyl (C=O) groups excluding carboxylic acids is 1. The number of halogens is 3. The lowest BCUT2D eigenvalue weighted by atomic mass is 10.3. The van der Waals surface area contributed by atoms with Gasteiger partial charge in [0.15, 0.2) is 6.61 Å². The van der Waals surface area contributed by atoms with Gasteiger partial charge in [0.05, 0.1) is 6.54 Å². The summed E-state index contributed by atoms with van der Waals surface area (Å²) in [4.78, 5) is 13.5. The Balaban J connectivity index is 1.80. The van der Waals surface area contributed by atoms with Gasteiger partial charge in [0.2, 0.25) is 0 Å². The van der Waals surface area contributed by atoms with E-state index in [1.807, 2.05) is 30.3 Å². The Hall–Kier alpha value is -2.90. The molecule has 1 N–H and O–H groups in total. The van der Waals surface area contributed by atoms with Gasteiger partial charge in [-0.3, -0.25) is 0 Å². The average molecular weight is 368 g/mol. The van der Waals surface area contributed by atoms with E-state index in [4.69, 9.17) is 4.74 Å². The van der Waals surface area contributed by atoms with Crippen LogP contribution in [0.2, 0.25) is 0 Å². The second-order valence-corrected chi connectivity index (χ2v) is 5.44. The van der Waals surface area contributed by atoms with Crippen molar-refractivity contribution in [2.45, 2.75) is 6.18 Å². The molecule has 2 aromatic carbocycles. The van der Waals surface area contributed by atoms with Crippen LogP contribution in [0.3, 0.4) is 0 Å². The summed E-state index contributed by atoms with van der Waals surface area (Å²) in [6.07, 6.45) is -4.42. The summed E-state index contributed by atoms with van der Waals surface area (Å²) in [5.41, 5.74) is 0.338. The number of ether oxygens (including phenoxy) is 2. The fraction of sp³-hybridized carbons (Fsp3) is 0.278. The van der Waals surface area contributed by atoms with Crippen LogP contribution in [-0.2, 0) is 0 Å². The van der Waals surface area contributed by atoms with Gasteiger partial charge in [0.25, 0.3) is 0 Å². The van der Waals surface area contributed by atoms with Crippen molar-refractivity contribution in [1.29, 1.82) is 0 Å². The topological polar surface area (TPSA) is 50.8 Å². The third kappa shape index (κ3) is 6.92. The maximum atomic E-state index is 12.2. The highest BCUT2D eigenvalue weighted by Crippen LogP contribution is 2.21. The monoisotopic (exact) mass is 368 g/mol. The summed E-state index contributed by atoms with van der Waals surface area (Å²) in [5.74, 6) is 0.728. The Labute approximate surface area is 149 Å². The molecule has 26 heavy (non-hydrogen) atoms. The van der Waals surface area contributed by atoms with Crippen LogP contribution in [0.5, 0.6) is 11.5 Å². The molecule has 140 valence electrons. The van der Waals surface area contributed by atoms with Gasteiger partial charge in [-0.15, -0.1) is 0 Å². The van der Waals surface area contributed by atoms with Crippen LogP contribution >= 0.6 is 0 Å². The molecule has 0 unspecified atom stereocenters. The van der Waals surface area contributed by atoms with E-state index < -0.39 is 18.8 Å². The van der Waals surface area contributed by atoms with Gasteiger partial charge < -0.3 is 19.7 Å². The SMILES string of the molecule is CN(CCOc1ccccc1)C(=O)Nc1cccc(OCC(F)(F)F)c1. The summed E-state index contributed by atoms with van der Waals surface area (Å²) in [5, 5.41) is 2.60. The van der Waals surface area contributed by atoms with Crippen molar-refractivity contribution in [3.8, 4) is 11.5 Å². The summed E-state index contributed by atoms with van der Waals surface area (Å²) >= 11 is 0. The number of carbonyl (C=O) groups is 1. The van der Waals surface area contributed by atoms with Gasteiger partial charge in [-0.25, -0.2) is 4.79 Å². The average Bonchev–Trinajstić information content (AvgIpc) is 2.60. The van der Waals surface area contributed by atoms with Crippen molar-refractivity contribution in [1.82, 2.24) is 4.90 Å². The molecule has 8 heteroatoms. The maximum absolute atomic E-state index is 12.2. The molecule has 0 heterocycles. The normalized spacial score (nSPS) is 10.9. The third-order valence-electron chi connectivity index (χ3n) is 3.27. The first-order valence-corrected chi connectivity index (χ1v) is 7.83. The molecular weight excluding hydrogens is 349 g/mol. The number of hydrogen-bond donors (Lipinski definition) is 1. The number of rotatable bonds is 7. The molecule has 0 bridgehead atoms. The van der Waals surface area contributed by atoms with Gasteiger partial charge >= 0.3 is 12.2 Å². The molecule has 0 aliphatic heterocycles. The largest absolute Gasteiger partial charge is 0.492 e. The Bertz CT molecular complexity index is 708. The van der Waals surface area contributed by atoms with E-state index in [0.717, 1.165) is 0 Å². The number of likely N-dealkylation sites (N-methyl/N-ethyl adjacent to an activating group) is 1.